The van der Waals surface area contributed by atoms with Crippen molar-refractivity contribution >= 4 is 22.6 Å². The molecule has 1 aliphatic carbocycles. The molecule has 1 aliphatic rings. The molecule has 1 amide bonds. The van der Waals surface area contributed by atoms with Crippen LogP contribution in [-0.2, 0) is 10.2 Å². The molecule has 9 nitrogen and oxygen atoms in total. The number of aromatic amines is 1. The van der Waals surface area contributed by atoms with E-state index in [2.05, 4.69) is 10.3 Å². The van der Waals surface area contributed by atoms with Gasteiger partial charge in [-0.05, 0) is 35.9 Å². The van der Waals surface area contributed by atoms with Crippen LogP contribution in [0.4, 0.5) is 0 Å². The third kappa shape index (κ3) is 4.55. The number of amides is 1. The minimum Gasteiger partial charge on any atom is -0.491 e. The number of benzene rings is 2. The average Bonchev–Trinajstić information content (AvgIpc) is 3.25. The van der Waals surface area contributed by atoms with Crippen molar-refractivity contribution in [1.82, 2.24) is 10.3 Å². The Morgan fingerprint density at radius 1 is 1.14 bits per heavy atom. The lowest BCUT2D eigenvalue weighted by molar-refractivity contribution is -0.0339. The second kappa shape index (κ2) is 9.79. The van der Waals surface area contributed by atoms with Gasteiger partial charge in [0.2, 0.25) is 0 Å². The van der Waals surface area contributed by atoms with Crippen LogP contribution in [-0.4, -0.2) is 77.7 Å². The summed E-state index contributed by atoms with van der Waals surface area (Å²) in [4.78, 5) is 29.4. The first-order chi connectivity index (χ1) is 16.7. The van der Waals surface area contributed by atoms with E-state index >= 15 is 0 Å². The highest BCUT2D eigenvalue weighted by Crippen LogP contribution is 2.44. The van der Waals surface area contributed by atoms with E-state index in [1.54, 1.807) is 43.5 Å². The van der Waals surface area contributed by atoms with Crippen LogP contribution in [0.2, 0.25) is 0 Å². The summed E-state index contributed by atoms with van der Waals surface area (Å²) < 4.78 is 10.6. The summed E-state index contributed by atoms with van der Waals surface area (Å²) in [5, 5.41) is 31.9. The third-order valence-electron chi connectivity index (χ3n) is 6.47. The number of carbonyl (C=O) groups is 2. The van der Waals surface area contributed by atoms with Gasteiger partial charge in [0.1, 0.15) is 24.6 Å². The molecule has 1 heterocycles. The zero-order valence-corrected chi connectivity index (χ0v) is 19.9. The fourth-order valence-electron chi connectivity index (χ4n) is 4.42. The number of hydrogen-bond donors (Lipinski definition) is 5. The molecule has 0 radical (unpaired) electrons. The number of H-pyrrole nitrogens is 1. The minimum absolute atomic E-state index is 0.125. The van der Waals surface area contributed by atoms with Crippen LogP contribution in [0.15, 0.2) is 36.4 Å². The highest BCUT2D eigenvalue weighted by Gasteiger charge is 2.40. The highest BCUT2D eigenvalue weighted by molar-refractivity contribution is 6.20. The summed E-state index contributed by atoms with van der Waals surface area (Å²) in [6, 6.07) is 10.3. The van der Waals surface area contributed by atoms with Crippen molar-refractivity contribution < 1.29 is 34.4 Å². The van der Waals surface area contributed by atoms with Gasteiger partial charge in [0.25, 0.3) is 5.91 Å². The van der Waals surface area contributed by atoms with Crippen LogP contribution in [0, 0.1) is 0 Å². The van der Waals surface area contributed by atoms with Crippen LogP contribution < -0.4 is 10.1 Å². The number of aliphatic hydroxyl groups is 3. The number of methoxy groups -OCH3 is 1. The Kier molecular flexibility index (Phi) is 6.95. The first kappa shape index (κ1) is 24.9. The molecule has 0 saturated heterocycles. The van der Waals surface area contributed by atoms with Gasteiger partial charge in [-0.2, -0.15) is 0 Å². The van der Waals surface area contributed by atoms with Crippen LogP contribution in [0.5, 0.6) is 5.75 Å². The number of hydrogen-bond acceptors (Lipinski definition) is 7. The molecule has 9 heteroatoms. The van der Waals surface area contributed by atoms with Gasteiger partial charge >= 0.3 is 0 Å². The summed E-state index contributed by atoms with van der Waals surface area (Å²) in [5.41, 5.74) is 3.23. The standard InChI is InChI=1S/C26H30N2O7/c1-26(2)18-11-15(35-13-21(31)20(30)12-29)5-7-16(18)23(32)22-17-6-4-14(10-19(17)28-24(22)26)25(33)27-8-9-34-3/h4-7,10-11,20-21,28-31H,8-9,12-13H2,1-3H3,(H,27,33)/t20-,21?/m1/s1. The summed E-state index contributed by atoms with van der Waals surface area (Å²) in [5.74, 6) is 0.0873. The van der Waals surface area contributed by atoms with E-state index in [4.69, 9.17) is 14.6 Å². The molecule has 0 spiro atoms. The smallest absolute Gasteiger partial charge is 0.251 e. The number of ether oxygens (including phenoxy) is 2. The molecule has 2 atom stereocenters. The molecule has 0 saturated carbocycles. The van der Waals surface area contributed by atoms with E-state index in [1.165, 1.54) is 0 Å². The molecule has 4 rings (SSSR count). The Labute approximate surface area is 202 Å². The number of fused-ring (bicyclic) bond motifs is 4. The zero-order chi connectivity index (χ0) is 25.3. The van der Waals surface area contributed by atoms with E-state index in [0.717, 1.165) is 16.6 Å². The van der Waals surface area contributed by atoms with Crippen molar-refractivity contribution in [2.75, 3.05) is 33.5 Å². The molecule has 2 aromatic carbocycles. The first-order valence-corrected chi connectivity index (χ1v) is 11.4. The van der Waals surface area contributed by atoms with Crippen molar-refractivity contribution in [3.63, 3.8) is 0 Å². The van der Waals surface area contributed by atoms with Gasteiger partial charge < -0.3 is 35.1 Å². The Hall–Kier alpha value is -3.24. The molecular weight excluding hydrogens is 452 g/mol. The summed E-state index contributed by atoms with van der Waals surface area (Å²) in [6.45, 7) is 4.03. The Balaban J connectivity index is 1.67. The van der Waals surface area contributed by atoms with Crippen molar-refractivity contribution in [3.05, 3.63) is 64.3 Å². The largest absolute Gasteiger partial charge is 0.491 e. The molecule has 5 N–H and O–H groups in total. The van der Waals surface area contributed by atoms with Crippen LogP contribution in [0.1, 0.15) is 51.4 Å². The molecule has 1 aromatic heterocycles. The van der Waals surface area contributed by atoms with Crippen LogP contribution in [0.25, 0.3) is 10.9 Å². The molecule has 186 valence electrons. The van der Waals surface area contributed by atoms with Gasteiger partial charge in [0, 0.05) is 46.8 Å². The van der Waals surface area contributed by atoms with Crippen molar-refractivity contribution in [2.24, 2.45) is 0 Å². The van der Waals surface area contributed by atoms with Gasteiger partial charge in [-0.3, -0.25) is 9.59 Å². The fourth-order valence-corrected chi connectivity index (χ4v) is 4.42. The lowest BCUT2D eigenvalue weighted by Crippen LogP contribution is -2.34. The number of rotatable bonds is 9. The number of carbonyl (C=O) groups excluding carboxylic acids is 2. The molecule has 0 bridgehead atoms. The predicted molar refractivity (Wildman–Crippen MR) is 129 cm³/mol. The van der Waals surface area contributed by atoms with Gasteiger partial charge in [-0.1, -0.05) is 19.9 Å². The van der Waals surface area contributed by atoms with Crippen LogP contribution in [0.3, 0.4) is 0 Å². The van der Waals surface area contributed by atoms with E-state index in [9.17, 15) is 19.8 Å². The minimum atomic E-state index is -1.30. The van der Waals surface area contributed by atoms with E-state index in [0.29, 0.717) is 41.1 Å². The van der Waals surface area contributed by atoms with Gasteiger partial charge in [0.05, 0.1) is 18.8 Å². The van der Waals surface area contributed by atoms with Crippen molar-refractivity contribution in [1.29, 1.82) is 0 Å². The topological polar surface area (TPSA) is 141 Å². The van der Waals surface area contributed by atoms with Gasteiger partial charge in [-0.25, -0.2) is 0 Å². The zero-order valence-electron chi connectivity index (χ0n) is 19.9. The maximum Gasteiger partial charge on any atom is 0.251 e. The number of ketones is 1. The third-order valence-corrected chi connectivity index (χ3v) is 6.47. The monoisotopic (exact) mass is 482 g/mol. The number of aliphatic hydroxyl groups excluding tert-OH is 3. The van der Waals surface area contributed by atoms with Crippen molar-refractivity contribution in [3.8, 4) is 5.75 Å². The molecular formula is C26H30N2O7. The highest BCUT2D eigenvalue weighted by atomic mass is 16.5. The maximum atomic E-state index is 13.5. The molecule has 0 fully saturated rings. The average molecular weight is 483 g/mol. The molecule has 1 unspecified atom stereocenters. The lowest BCUT2D eigenvalue weighted by Gasteiger charge is -2.32. The first-order valence-electron chi connectivity index (χ1n) is 11.4. The number of aromatic nitrogens is 1. The predicted octanol–water partition coefficient (Wildman–Crippen LogP) is 1.51. The second-order valence-corrected chi connectivity index (χ2v) is 9.17. The normalized spacial score (nSPS) is 15.9. The van der Waals surface area contributed by atoms with Gasteiger partial charge in [-0.15, -0.1) is 0 Å². The van der Waals surface area contributed by atoms with E-state index in [-0.39, 0.29) is 18.3 Å². The maximum absolute atomic E-state index is 13.5. The molecule has 0 aliphatic heterocycles. The Bertz CT molecular complexity index is 1260. The SMILES string of the molecule is COCCNC(=O)c1ccc2c3c([nH]c2c1)C(C)(C)c1cc(OCC(O)[C@H](O)CO)ccc1C3=O. The molecule has 35 heavy (non-hydrogen) atoms. The summed E-state index contributed by atoms with van der Waals surface area (Å²) in [6.07, 6.45) is -2.54. The number of nitrogens with one attached hydrogen (secondary N) is 2. The van der Waals surface area contributed by atoms with Crippen molar-refractivity contribution in [2.45, 2.75) is 31.5 Å². The van der Waals surface area contributed by atoms with Crippen LogP contribution >= 0.6 is 0 Å². The molecule has 3 aromatic rings. The Morgan fingerprint density at radius 3 is 2.63 bits per heavy atom. The lowest BCUT2D eigenvalue weighted by atomic mass is 9.71. The quantitative estimate of drug-likeness (QED) is 0.291. The van der Waals surface area contributed by atoms with E-state index in [1.807, 2.05) is 13.8 Å². The van der Waals surface area contributed by atoms with E-state index < -0.39 is 24.2 Å². The summed E-state index contributed by atoms with van der Waals surface area (Å²) in [7, 11) is 1.57. The fraction of sp³-hybridized carbons (Fsp3) is 0.385. The summed E-state index contributed by atoms with van der Waals surface area (Å²) >= 11 is 0. The second-order valence-electron chi connectivity index (χ2n) is 9.17. The van der Waals surface area contributed by atoms with Gasteiger partial charge in [0.15, 0.2) is 5.78 Å². The Morgan fingerprint density at radius 2 is 1.91 bits per heavy atom.